The molecule has 3 aromatic carbocycles. The molecule has 35 heavy (non-hydrogen) atoms. The quantitative estimate of drug-likeness (QED) is 0.306. The minimum absolute atomic E-state index is 0.305. The van der Waals surface area contributed by atoms with Crippen molar-refractivity contribution in [1.29, 1.82) is 0 Å². The van der Waals surface area contributed by atoms with Gasteiger partial charge in [0.05, 0.1) is 11.4 Å². The van der Waals surface area contributed by atoms with E-state index in [9.17, 15) is 14.0 Å². The molecule has 0 aliphatic carbocycles. The molecule has 174 valence electrons. The van der Waals surface area contributed by atoms with Gasteiger partial charge in [-0.25, -0.2) is 14.4 Å². The smallest absolute Gasteiger partial charge is 0.266 e. The van der Waals surface area contributed by atoms with Crippen molar-refractivity contribution in [3.05, 3.63) is 107 Å². The first kappa shape index (κ1) is 21.8. The van der Waals surface area contributed by atoms with Gasteiger partial charge in [-0.15, -0.1) is 0 Å². The number of para-hydroxylation sites is 1. The standard InChI is InChI=1S/C27H18BrFN2O4/c28-17-8-6-16(7-9-17)21-14-15-22(34-21)24-23-25(35-31(24)20-4-2-1-3-5-20)27(33)30(26(23)32)19-12-10-18(29)11-13-19/h1-15,23-25H/t23-,24+,25-/m1/s1. The number of imide groups is 1. The molecule has 6 rings (SSSR count). The molecule has 2 amide bonds. The number of carbonyl (C=O) groups is 2. The van der Waals surface area contributed by atoms with Crippen LogP contribution in [0.15, 0.2) is 99.9 Å². The van der Waals surface area contributed by atoms with Crippen LogP contribution in [0.25, 0.3) is 11.3 Å². The zero-order chi connectivity index (χ0) is 24.1. The Hall–Kier alpha value is -3.75. The first-order valence-corrected chi connectivity index (χ1v) is 11.8. The van der Waals surface area contributed by atoms with Gasteiger partial charge in [0.25, 0.3) is 5.91 Å². The predicted molar refractivity (Wildman–Crippen MR) is 131 cm³/mol. The highest BCUT2D eigenvalue weighted by atomic mass is 79.9. The number of anilines is 2. The molecule has 0 bridgehead atoms. The number of nitrogens with zero attached hydrogens (tertiary/aromatic N) is 2. The Labute approximate surface area is 208 Å². The molecule has 0 N–H and O–H groups in total. The van der Waals surface area contributed by atoms with E-state index in [1.54, 1.807) is 5.06 Å². The number of amides is 2. The Morgan fingerprint density at radius 1 is 0.771 bits per heavy atom. The number of halogens is 2. The molecular formula is C27H18BrFN2O4. The molecule has 3 heterocycles. The van der Waals surface area contributed by atoms with E-state index in [1.807, 2.05) is 66.7 Å². The number of hydroxylamine groups is 1. The van der Waals surface area contributed by atoms with Crippen molar-refractivity contribution in [3.8, 4) is 11.3 Å². The van der Waals surface area contributed by atoms with Crippen LogP contribution in [0.2, 0.25) is 0 Å². The zero-order valence-electron chi connectivity index (χ0n) is 18.2. The number of fused-ring (bicyclic) bond motifs is 1. The molecule has 0 spiro atoms. The van der Waals surface area contributed by atoms with Gasteiger partial charge < -0.3 is 4.42 Å². The van der Waals surface area contributed by atoms with Gasteiger partial charge in [0.2, 0.25) is 5.91 Å². The zero-order valence-corrected chi connectivity index (χ0v) is 19.8. The van der Waals surface area contributed by atoms with Gasteiger partial charge in [-0.2, -0.15) is 0 Å². The van der Waals surface area contributed by atoms with Crippen LogP contribution < -0.4 is 9.96 Å². The summed E-state index contributed by atoms with van der Waals surface area (Å²) >= 11 is 3.43. The van der Waals surface area contributed by atoms with E-state index in [0.29, 0.717) is 22.9 Å². The molecule has 2 fully saturated rings. The molecule has 0 saturated carbocycles. The lowest BCUT2D eigenvalue weighted by Gasteiger charge is -2.27. The predicted octanol–water partition coefficient (Wildman–Crippen LogP) is 5.90. The summed E-state index contributed by atoms with van der Waals surface area (Å²) in [5.74, 6) is -1.06. The van der Waals surface area contributed by atoms with Gasteiger partial charge in [-0.05, 0) is 60.7 Å². The maximum Gasteiger partial charge on any atom is 0.266 e. The Balaban J connectivity index is 1.41. The van der Waals surface area contributed by atoms with Crippen LogP contribution >= 0.6 is 15.9 Å². The lowest BCUT2D eigenvalue weighted by molar-refractivity contribution is -0.126. The molecule has 8 heteroatoms. The summed E-state index contributed by atoms with van der Waals surface area (Å²) < 4.78 is 20.6. The van der Waals surface area contributed by atoms with E-state index >= 15 is 0 Å². The summed E-state index contributed by atoms with van der Waals surface area (Å²) in [5.41, 5.74) is 1.88. The second-order valence-electron chi connectivity index (χ2n) is 8.36. The van der Waals surface area contributed by atoms with Gasteiger partial charge in [-0.3, -0.25) is 14.4 Å². The maximum atomic E-state index is 13.6. The fourth-order valence-corrected chi connectivity index (χ4v) is 4.89. The summed E-state index contributed by atoms with van der Waals surface area (Å²) in [6.45, 7) is 0. The fourth-order valence-electron chi connectivity index (χ4n) is 4.63. The number of hydrogen-bond acceptors (Lipinski definition) is 5. The van der Waals surface area contributed by atoms with E-state index in [-0.39, 0.29) is 0 Å². The van der Waals surface area contributed by atoms with Crippen molar-refractivity contribution < 1.29 is 23.2 Å². The van der Waals surface area contributed by atoms with Gasteiger partial charge in [-0.1, -0.05) is 46.3 Å². The fraction of sp³-hybridized carbons (Fsp3) is 0.111. The van der Waals surface area contributed by atoms with Crippen molar-refractivity contribution >= 4 is 39.1 Å². The maximum absolute atomic E-state index is 13.6. The molecule has 3 atom stereocenters. The first-order chi connectivity index (χ1) is 17.0. The van der Waals surface area contributed by atoms with Crippen LogP contribution in [0.3, 0.4) is 0 Å². The third-order valence-electron chi connectivity index (χ3n) is 6.26. The van der Waals surface area contributed by atoms with Gasteiger partial charge in [0.15, 0.2) is 6.10 Å². The molecule has 0 unspecified atom stereocenters. The monoisotopic (exact) mass is 532 g/mol. The number of hydrogen-bond donors (Lipinski definition) is 0. The van der Waals surface area contributed by atoms with Crippen LogP contribution in [0.4, 0.5) is 15.8 Å². The van der Waals surface area contributed by atoms with Crippen molar-refractivity contribution in [2.75, 3.05) is 9.96 Å². The first-order valence-electron chi connectivity index (χ1n) is 11.0. The minimum atomic E-state index is -1.03. The number of furan rings is 1. The van der Waals surface area contributed by atoms with Gasteiger partial charge >= 0.3 is 0 Å². The normalized spacial score (nSPS) is 21.6. The lowest BCUT2D eigenvalue weighted by Crippen LogP contribution is -2.37. The molecule has 1 aromatic heterocycles. The highest BCUT2D eigenvalue weighted by Crippen LogP contribution is 2.48. The van der Waals surface area contributed by atoms with Crippen molar-refractivity contribution in [2.45, 2.75) is 12.1 Å². The summed E-state index contributed by atoms with van der Waals surface area (Å²) in [6, 6.07) is 25.2. The van der Waals surface area contributed by atoms with Gasteiger partial charge in [0.1, 0.15) is 29.3 Å². The van der Waals surface area contributed by atoms with Crippen LogP contribution in [0.1, 0.15) is 11.8 Å². The Bertz CT molecular complexity index is 1410. The van der Waals surface area contributed by atoms with Crippen molar-refractivity contribution in [1.82, 2.24) is 0 Å². The van der Waals surface area contributed by atoms with Crippen LogP contribution in [0, 0.1) is 11.7 Å². The van der Waals surface area contributed by atoms with Crippen molar-refractivity contribution in [3.63, 3.8) is 0 Å². The largest absolute Gasteiger partial charge is 0.459 e. The number of benzene rings is 3. The molecule has 6 nitrogen and oxygen atoms in total. The third kappa shape index (κ3) is 3.66. The van der Waals surface area contributed by atoms with Crippen molar-refractivity contribution in [2.24, 2.45) is 5.92 Å². The molecule has 2 saturated heterocycles. The molecule has 2 aliphatic heterocycles. The van der Waals surface area contributed by atoms with E-state index in [1.165, 1.54) is 24.3 Å². The lowest BCUT2D eigenvalue weighted by atomic mass is 9.94. The Kier molecular flexibility index (Phi) is 5.27. The minimum Gasteiger partial charge on any atom is -0.459 e. The van der Waals surface area contributed by atoms with Gasteiger partial charge in [0, 0.05) is 10.0 Å². The average Bonchev–Trinajstić information content (AvgIpc) is 3.56. The topological polar surface area (TPSA) is 63.0 Å². The van der Waals surface area contributed by atoms with E-state index < -0.39 is 35.7 Å². The number of carbonyl (C=O) groups excluding carboxylic acids is 2. The van der Waals surface area contributed by atoms with E-state index in [0.717, 1.165) is 14.9 Å². The average molecular weight is 533 g/mol. The van der Waals surface area contributed by atoms with E-state index in [2.05, 4.69) is 15.9 Å². The SMILES string of the molecule is O=C1[C@H]2[C@@H](ON(c3ccccc3)[C@H]2c2ccc(-c3ccc(Br)cc3)o2)C(=O)N1c1ccc(F)cc1. The number of rotatable bonds is 4. The molecule has 0 radical (unpaired) electrons. The third-order valence-corrected chi connectivity index (χ3v) is 6.79. The summed E-state index contributed by atoms with van der Waals surface area (Å²) in [5, 5.41) is 1.58. The van der Waals surface area contributed by atoms with Crippen LogP contribution in [-0.4, -0.2) is 17.9 Å². The summed E-state index contributed by atoms with van der Waals surface area (Å²) in [7, 11) is 0. The van der Waals surface area contributed by atoms with Crippen LogP contribution in [0.5, 0.6) is 0 Å². The highest BCUT2D eigenvalue weighted by molar-refractivity contribution is 9.10. The second-order valence-corrected chi connectivity index (χ2v) is 9.27. The molecule has 4 aromatic rings. The molecule has 2 aliphatic rings. The highest BCUT2D eigenvalue weighted by Gasteiger charge is 2.61. The summed E-state index contributed by atoms with van der Waals surface area (Å²) in [4.78, 5) is 34.1. The second kappa shape index (κ2) is 8.48. The van der Waals surface area contributed by atoms with E-state index in [4.69, 9.17) is 9.25 Å². The molecular weight excluding hydrogens is 515 g/mol. The Morgan fingerprint density at radius 3 is 2.20 bits per heavy atom. The Morgan fingerprint density at radius 2 is 1.49 bits per heavy atom. The van der Waals surface area contributed by atoms with Crippen LogP contribution in [-0.2, 0) is 14.4 Å². The summed E-state index contributed by atoms with van der Waals surface area (Å²) in [6.07, 6.45) is -1.03.